The number of nitrogens with one attached hydrogen (secondary N) is 1. The number of pyridine rings is 1. The minimum Gasteiger partial charge on any atom is -0.439 e. The van der Waals surface area contributed by atoms with Crippen molar-refractivity contribution >= 4 is 0 Å². The van der Waals surface area contributed by atoms with Crippen LogP contribution in [0.4, 0.5) is 0 Å². The first kappa shape index (κ1) is 15.5. The van der Waals surface area contributed by atoms with E-state index in [4.69, 9.17) is 4.74 Å². The van der Waals surface area contributed by atoms with Crippen LogP contribution in [-0.4, -0.2) is 20.3 Å². The van der Waals surface area contributed by atoms with Gasteiger partial charge >= 0.3 is 0 Å². The highest BCUT2D eigenvalue weighted by atomic mass is 16.5. The summed E-state index contributed by atoms with van der Waals surface area (Å²) in [5, 5.41) is 7.77. The van der Waals surface area contributed by atoms with E-state index >= 15 is 0 Å². The van der Waals surface area contributed by atoms with E-state index in [0.717, 1.165) is 28.6 Å². The predicted molar refractivity (Wildman–Crippen MR) is 83.6 cm³/mol. The zero-order valence-corrected chi connectivity index (χ0v) is 13.7. The summed E-state index contributed by atoms with van der Waals surface area (Å²) in [6.07, 6.45) is 1.87. The van der Waals surface area contributed by atoms with Gasteiger partial charge in [-0.25, -0.2) is 4.68 Å². The molecule has 0 saturated heterocycles. The second-order valence-electron chi connectivity index (χ2n) is 6.39. The monoisotopic (exact) mass is 288 g/mol. The lowest BCUT2D eigenvalue weighted by molar-refractivity contribution is 0.401. The molecule has 0 spiro atoms. The fraction of sp³-hybridized carbons (Fsp3) is 0.500. The van der Waals surface area contributed by atoms with Crippen molar-refractivity contribution in [1.82, 2.24) is 20.1 Å². The van der Waals surface area contributed by atoms with Gasteiger partial charge in [0, 0.05) is 48.7 Å². The lowest BCUT2D eigenvalue weighted by Gasteiger charge is -2.21. The summed E-state index contributed by atoms with van der Waals surface area (Å²) in [6, 6.07) is 3.89. The molecule has 0 fully saturated rings. The third-order valence-electron chi connectivity index (χ3n) is 3.06. The van der Waals surface area contributed by atoms with Crippen molar-refractivity contribution in [3.63, 3.8) is 0 Å². The van der Waals surface area contributed by atoms with E-state index in [2.05, 4.69) is 36.2 Å². The third-order valence-corrected chi connectivity index (χ3v) is 3.06. The van der Waals surface area contributed by atoms with Crippen LogP contribution in [0.5, 0.6) is 11.6 Å². The molecular formula is C16H24N4O. The number of hydrogen-bond acceptors (Lipinski definition) is 4. The van der Waals surface area contributed by atoms with E-state index in [1.807, 2.05) is 39.2 Å². The van der Waals surface area contributed by atoms with E-state index in [9.17, 15) is 0 Å². The largest absolute Gasteiger partial charge is 0.439 e. The molecule has 114 valence electrons. The van der Waals surface area contributed by atoms with E-state index < -0.39 is 0 Å². The maximum Gasteiger partial charge on any atom is 0.217 e. The Kier molecular flexibility index (Phi) is 4.32. The lowest BCUT2D eigenvalue weighted by Crippen LogP contribution is -2.35. The van der Waals surface area contributed by atoms with Crippen LogP contribution in [-0.2, 0) is 13.6 Å². The predicted octanol–water partition coefficient (Wildman–Crippen LogP) is 3.11. The summed E-state index contributed by atoms with van der Waals surface area (Å²) in [4.78, 5) is 4.37. The molecule has 21 heavy (non-hydrogen) atoms. The van der Waals surface area contributed by atoms with Crippen LogP contribution >= 0.6 is 0 Å². The quantitative estimate of drug-likeness (QED) is 0.939. The van der Waals surface area contributed by atoms with Gasteiger partial charge in [-0.1, -0.05) is 0 Å². The average molecular weight is 288 g/mol. The Morgan fingerprint density at radius 1 is 1.19 bits per heavy atom. The van der Waals surface area contributed by atoms with Crippen LogP contribution in [0.2, 0.25) is 0 Å². The van der Waals surface area contributed by atoms with Crippen LogP contribution in [0, 0.1) is 13.8 Å². The van der Waals surface area contributed by atoms with Crippen LogP contribution in [0.3, 0.4) is 0 Å². The molecule has 5 heteroatoms. The van der Waals surface area contributed by atoms with Crippen molar-refractivity contribution < 1.29 is 4.74 Å². The highest BCUT2D eigenvalue weighted by Gasteiger charge is 2.13. The molecule has 0 amide bonds. The van der Waals surface area contributed by atoms with Crippen molar-refractivity contribution in [2.45, 2.75) is 46.7 Å². The molecule has 2 aromatic heterocycles. The average Bonchev–Trinajstić information content (AvgIpc) is 2.65. The van der Waals surface area contributed by atoms with Crippen LogP contribution < -0.4 is 10.1 Å². The molecule has 0 radical (unpaired) electrons. The molecule has 0 aliphatic carbocycles. The second kappa shape index (κ2) is 5.85. The maximum absolute atomic E-state index is 6.03. The Hall–Kier alpha value is -1.88. The summed E-state index contributed by atoms with van der Waals surface area (Å²) in [6.45, 7) is 11.0. The summed E-state index contributed by atoms with van der Waals surface area (Å²) < 4.78 is 7.77. The highest BCUT2D eigenvalue weighted by molar-refractivity contribution is 5.36. The van der Waals surface area contributed by atoms with Gasteiger partial charge in [0.2, 0.25) is 5.88 Å². The van der Waals surface area contributed by atoms with Crippen molar-refractivity contribution in [3.05, 3.63) is 35.3 Å². The molecule has 2 aromatic rings. The Morgan fingerprint density at radius 3 is 2.48 bits per heavy atom. The van der Waals surface area contributed by atoms with Crippen molar-refractivity contribution in [3.8, 4) is 11.6 Å². The maximum atomic E-state index is 6.03. The normalized spacial score (nSPS) is 11.7. The van der Waals surface area contributed by atoms with Gasteiger partial charge in [0.15, 0.2) is 0 Å². The van der Waals surface area contributed by atoms with Crippen LogP contribution in [0.15, 0.2) is 18.3 Å². The molecule has 2 rings (SSSR count). The first-order valence-electron chi connectivity index (χ1n) is 7.13. The third kappa shape index (κ3) is 4.29. The van der Waals surface area contributed by atoms with E-state index in [1.165, 1.54) is 0 Å². The molecule has 0 atom stereocenters. The smallest absolute Gasteiger partial charge is 0.217 e. The summed E-state index contributed by atoms with van der Waals surface area (Å²) in [5.41, 5.74) is 2.95. The molecule has 5 nitrogen and oxygen atoms in total. The zero-order chi connectivity index (χ0) is 15.6. The standard InChI is InChI=1S/C16H24N4O/c1-11-7-14(21-15-8-12(2)19-20(15)6)13(9-17-11)10-18-16(3,4)5/h7-9,18H,10H2,1-6H3. The minimum atomic E-state index is 0.0469. The first-order valence-corrected chi connectivity index (χ1v) is 7.13. The van der Waals surface area contributed by atoms with E-state index in [0.29, 0.717) is 6.54 Å². The lowest BCUT2D eigenvalue weighted by atomic mass is 10.1. The highest BCUT2D eigenvalue weighted by Crippen LogP contribution is 2.26. The zero-order valence-electron chi connectivity index (χ0n) is 13.7. The molecule has 0 unspecified atom stereocenters. The van der Waals surface area contributed by atoms with Gasteiger partial charge < -0.3 is 10.1 Å². The number of aryl methyl sites for hydroxylation is 3. The van der Waals surface area contributed by atoms with Gasteiger partial charge in [-0.05, 0) is 34.6 Å². The van der Waals surface area contributed by atoms with Gasteiger partial charge in [0.25, 0.3) is 0 Å². The molecule has 2 heterocycles. The van der Waals surface area contributed by atoms with Gasteiger partial charge in [-0.2, -0.15) is 5.10 Å². The Labute approximate surface area is 126 Å². The molecule has 0 aliphatic heterocycles. The first-order chi connectivity index (χ1) is 9.74. The fourth-order valence-corrected chi connectivity index (χ4v) is 1.95. The van der Waals surface area contributed by atoms with Crippen LogP contribution in [0.25, 0.3) is 0 Å². The SMILES string of the molecule is Cc1cc(Oc2cc(C)nn2C)c(CNC(C)(C)C)cn1. The molecule has 0 aromatic carbocycles. The van der Waals surface area contributed by atoms with Crippen molar-refractivity contribution in [2.75, 3.05) is 0 Å². The Balaban J connectivity index is 2.25. The number of hydrogen-bond donors (Lipinski definition) is 1. The van der Waals surface area contributed by atoms with Gasteiger partial charge in [-0.3, -0.25) is 4.98 Å². The van der Waals surface area contributed by atoms with Crippen molar-refractivity contribution in [1.29, 1.82) is 0 Å². The van der Waals surface area contributed by atoms with Crippen molar-refractivity contribution in [2.24, 2.45) is 7.05 Å². The van der Waals surface area contributed by atoms with E-state index in [-0.39, 0.29) is 5.54 Å². The number of nitrogens with zero attached hydrogens (tertiary/aromatic N) is 3. The van der Waals surface area contributed by atoms with Gasteiger partial charge in [-0.15, -0.1) is 0 Å². The molecule has 1 N–H and O–H groups in total. The minimum absolute atomic E-state index is 0.0469. The molecule has 0 saturated carbocycles. The Bertz CT molecular complexity index is 626. The van der Waals surface area contributed by atoms with E-state index in [1.54, 1.807) is 4.68 Å². The fourth-order valence-electron chi connectivity index (χ4n) is 1.95. The molecule has 0 aliphatic rings. The number of ether oxygens (including phenoxy) is 1. The number of aromatic nitrogens is 3. The number of rotatable bonds is 4. The summed E-state index contributed by atoms with van der Waals surface area (Å²) >= 11 is 0. The summed E-state index contributed by atoms with van der Waals surface area (Å²) in [7, 11) is 1.88. The van der Waals surface area contributed by atoms with Gasteiger partial charge in [0.05, 0.1) is 5.69 Å². The second-order valence-corrected chi connectivity index (χ2v) is 6.39. The molecule has 0 bridgehead atoms. The Morgan fingerprint density at radius 2 is 1.90 bits per heavy atom. The molecular weight excluding hydrogens is 264 g/mol. The van der Waals surface area contributed by atoms with Crippen LogP contribution in [0.1, 0.15) is 37.7 Å². The summed E-state index contributed by atoms with van der Waals surface area (Å²) in [5.74, 6) is 1.55. The van der Waals surface area contributed by atoms with Gasteiger partial charge in [0.1, 0.15) is 5.75 Å². The topological polar surface area (TPSA) is 52.0 Å².